The van der Waals surface area contributed by atoms with Gasteiger partial charge in [-0.2, -0.15) is 11.3 Å². The van der Waals surface area contributed by atoms with Crippen molar-refractivity contribution in [3.8, 4) is 0 Å². The molecule has 2 aromatic rings. The molecule has 1 aliphatic rings. The van der Waals surface area contributed by atoms with E-state index in [1.165, 1.54) is 11.1 Å². The number of amides is 1. The number of rotatable bonds is 5. The molecule has 1 fully saturated rings. The Kier molecular flexibility index (Phi) is 4.90. The van der Waals surface area contributed by atoms with E-state index in [-0.39, 0.29) is 5.91 Å². The van der Waals surface area contributed by atoms with Gasteiger partial charge in [-0.1, -0.05) is 30.3 Å². The fraction of sp³-hybridized carbons (Fsp3) is 0.389. The molecule has 1 amide bonds. The van der Waals surface area contributed by atoms with Crippen molar-refractivity contribution in [3.05, 3.63) is 58.3 Å². The van der Waals surface area contributed by atoms with E-state index in [1.54, 1.807) is 11.3 Å². The average Bonchev–Trinajstić information content (AvgIpc) is 3.22. The van der Waals surface area contributed by atoms with E-state index in [4.69, 9.17) is 5.73 Å². The molecule has 0 bridgehead atoms. The van der Waals surface area contributed by atoms with Gasteiger partial charge < -0.3 is 10.6 Å². The molecule has 116 valence electrons. The summed E-state index contributed by atoms with van der Waals surface area (Å²) < 4.78 is 0. The minimum atomic E-state index is 0.253. The minimum absolute atomic E-state index is 0.253. The normalized spacial score (nSPS) is 21.2. The summed E-state index contributed by atoms with van der Waals surface area (Å²) in [5.74, 6) is 0.992. The zero-order valence-electron chi connectivity index (χ0n) is 12.7. The minimum Gasteiger partial charge on any atom is -0.342 e. The number of thiophene rings is 1. The third-order valence-corrected chi connectivity index (χ3v) is 5.26. The van der Waals surface area contributed by atoms with Gasteiger partial charge in [0.05, 0.1) is 0 Å². The monoisotopic (exact) mass is 314 g/mol. The number of hydrogen-bond acceptors (Lipinski definition) is 3. The molecular weight excluding hydrogens is 292 g/mol. The van der Waals surface area contributed by atoms with Crippen molar-refractivity contribution in [2.24, 2.45) is 11.7 Å². The number of carbonyl (C=O) groups is 1. The maximum absolute atomic E-state index is 12.5. The molecule has 1 aromatic heterocycles. The van der Waals surface area contributed by atoms with Crippen LogP contribution in [0.15, 0.2) is 47.2 Å². The van der Waals surface area contributed by atoms with Crippen LogP contribution in [0.2, 0.25) is 0 Å². The maximum Gasteiger partial charge on any atom is 0.222 e. The lowest BCUT2D eigenvalue weighted by atomic mass is 9.89. The first-order valence-corrected chi connectivity index (χ1v) is 8.76. The summed E-state index contributed by atoms with van der Waals surface area (Å²) >= 11 is 1.68. The zero-order valence-corrected chi connectivity index (χ0v) is 13.5. The lowest BCUT2D eigenvalue weighted by molar-refractivity contribution is -0.130. The Hall–Kier alpha value is -1.65. The third-order valence-electron chi connectivity index (χ3n) is 4.53. The van der Waals surface area contributed by atoms with E-state index in [0.29, 0.717) is 24.8 Å². The first kappa shape index (κ1) is 15.3. The van der Waals surface area contributed by atoms with Gasteiger partial charge >= 0.3 is 0 Å². The van der Waals surface area contributed by atoms with Crippen LogP contribution in [0.3, 0.4) is 0 Å². The number of benzene rings is 1. The standard InChI is InChI=1S/C18H22N2OS/c19-10-16-11-20(12-17(16)15-4-2-1-3-5-15)18(21)7-6-14-8-9-22-13-14/h1-5,8-9,13,16-17H,6-7,10-12,19H2/t16-,17+/m1/s1. The van der Waals surface area contributed by atoms with E-state index in [2.05, 4.69) is 41.1 Å². The number of carbonyl (C=O) groups excluding carboxylic acids is 1. The van der Waals surface area contributed by atoms with Crippen LogP contribution in [0.25, 0.3) is 0 Å². The van der Waals surface area contributed by atoms with Crippen molar-refractivity contribution in [3.63, 3.8) is 0 Å². The lowest BCUT2D eigenvalue weighted by Gasteiger charge is -2.16. The Morgan fingerprint density at radius 2 is 2.05 bits per heavy atom. The van der Waals surface area contributed by atoms with Crippen LogP contribution in [-0.4, -0.2) is 30.4 Å². The molecule has 3 rings (SSSR count). The van der Waals surface area contributed by atoms with Crippen LogP contribution in [0, 0.1) is 5.92 Å². The topological polar surface area (TPSA) is 46.3 Å². The summed E-state index contributed by atoms with van der Waals surface area (Å²) in [6.45, 7) is 2.22. The second-order valence-corrected chi connectivity index (χ2v) is 6.72. The summed E-state index contributed by atoms with van der Waals surface area (Å²) in [6, 6.07) is 12.5. The van der Waals surface area contributed by atoms with E-state index >= 15 is 0 Å². The van der Waals surface area contributed by atoms with Crippen LogP contribution in [0.5, 0.6) is 0 Å². The molecular formula is C18H22N2OS. The molecule has 3 nitrogen and oxygen atoms in total. The van der Waals surface area contributed by atoms with Crippen molar-refractivity contribution < 1.29 is 4.79 Å². The van der Waals surface area contributed by atoms with E-state index in [9.17, 15) is 4.79 Å². The summed E-state index contributed by atoms with van der Waals surface area (Å²) in [4.78, 5) is 14.5. The van der Waals surface area contributed by atoms with Gasteiger partial charge in [0.25, 0.3) is 0 Å². The fourth-order valence-corrected chi connectivity index (χ4v) is 3.94. The van der Waals surface area contributed by atoms with Gasteiger partial charge in [-0.05, 0) is 46.8 Å². The molecule has 0 radical (unpaired) electrons. The Balaban J connectivity index is 1.62. The second-order valence-electron chi connectivity index (χ2n) is 5.94. The number of hydrogen-bond donors (Lipinski definition) is 1. The smallest absolute Gasteiger partial charge is 0.222 e. The van der Waals surface area contributed by atoms with Gasteiger partial charge in [0, 0.05) is 25.4 Å². The summed E-state index contributed by atoms with van der Waals surface area (Å²) in [5, 5.41) is 4.18. The third kappa shape index (κ3) is 3.39. The van der Waals surface area contributed by atoms with Crippen LogP contribution < -0.4 is 5.73 Å². The Morgan fingerprint density at radius 3 is 2.73 bits per heavy atom. The molecule has 22 heavy (non-hydrogen) atoms. The van der Waals surface area contributed by atoms with Crippen molar-refractivity contribution in [1.29, 1.82) is 0 Å². The SMILES string of the molecule is NC[C@@H]1CN(C(=O)CCc2ccsc2)C[C@H]1c1ccccc1. The first-order chi connectivity index (χ1) is 10.8. The molecule has 2 atom stereocenters. The molecule has 2 heterocycles. The van der Waals surface area contributed by atoms with Gasteiger partial charge in [-0.25, -0.2) is 0 Å². The largest absolute Gasteiger partial charge is 0.342 e. The molecule has 1 saturated heterocycles. The van der Waals surface area contributed by atoms with Crippen molar-refractivity contribution >= 4 is 17.2 Å². The lowest BCUT2D eigenvalue weighted by Crippen LogP contribution is -2.29. The molecule has 0 aliphatic carbocycles. The summed E-state index contributed by atoms with van der Waals surface area (Å²) in [6.07, 6.45) is 1.43. The Labute approximate surface area is 135 Å². The highest BCUT2D eigenvalue weighted by Gasteiger charge is 2.34. The predicted molar refractivity (Wildman–Crippen MR) is 90.9 cm³/mol. The van der Waals surface area contributed by atoms with E-state index in [1.807, 2.05) is 11.0 Å². The molecule has 0 unspecified atom stereocenters. The first-order valence-electron chi connectivity index (χ1n) is 7.82. The highest BCUT2D eigenvalue weighted by atomic mass is 32.1. The molecule has 1 aromatic carbocycles. The van der Waals surface area contributed by atoms with Crippen LogP contribution in [0.4, 0.5) is 0 Å². The number of aryl methyl sites for hydroxylation is 1. The van der Waals surface area contributed by atoms with Crippen LogP contribution in [-0.2, 0) is 11.2 Å². The van der Waals surface area contributed by atoms with Gasteiger partial charge in [-0.3, -0.25) is 4.79 Å². The van der Waals surface area contributed by atoms with Crippen molar-refractivity contribution in [2.75, 3.05) is 19.6 Å². The van der Waals surface area contributed by atoms with E-state index in [0.717, 1.165) is 19.5 Å². The molecule has 0 spiro atoms. The van der Waals surface area contributed by atoms with Crippen LogP contribution >= 0.6 is 11.3 Å². The van der Waals surface area contributed by atoms with Crippen molar-refractivity contribution in [1.82, 2.24) is 4.90 Å². The van der Waals surface area contributed by atoms with E-state index < -0.39 is 0 Å². The van der Waals surface area contributed by atoms with Gasteiger partial charge in [0.2, 0.25) is 5.91 Å². The number of nitrogens with two attached hydrogens (primary N) is 1. The quantitative estimate of drug-likeness (QED) is 0.922. The summed E-state index contributed by atoms with van der Waals surface area (Å²) in [7, 11) is 0. The number of likely N-dealkylation sites (tertiary alicyclic amines) is 1. The van der Waals surface area contributed by atoms with Gasteiger partial charge in [0.15, 0.2) is 0 Å². The Bertz CT molecular complexity index is 597. The van der Waals surface area contributed by atoms with Crippen LogP contribution in [0.1, 0.15) is 23.5 Å². The zero-order chi connectivity index (χ0) is 15.4. The average molecular weight is 314 g/mol. The fourth-order valence-electron chi connectivity index (χ4n) is 3.24. The Morgan fingerprint density at radius 1 is 1.23 bits per heavy atom. The predicted octanol–water partition coefficient (Wildman–Crippen LogP) is 2.88. The highest BCUT2D eigenvalue weighted by Crippen LogP contribution is 2.32. The molecule has 1 aliphatic heterocycles. The molecule has 2 N–H and O–H groups in total. The maximum atomic E-state index is 12.5. The molecule has 4 heteroatoms. The van der Waals surface area contributed by atoms with Gasteiger partial charge in [-0.15, -0.1) is 0 Å². The van der Waals surface area contributed by atoms with Gasteiger partial charge in [0.1, 0.15) is 0 Å². The highest BCUT2D eigenvalue weighted by molar-refractivity contribution is 7.07. The number of nitrogens with zero attached hydrogens (tertiary/aromatic N) is 1. The van der Waals surface area contributed by atoms with Crippen molar-refractivity contribution in [2.45, 2.75) is 18.8 Å². The second kappa shape index (κ2) is 7.07. The summed E-state index contributed by atoms with van der Waals surface area (Å²) in [5.41, 5.74) is 8.49. The molecule has 0 saturated carbocycles.